The zero-order valence-corrected chi connectivity index (χ0v) is 12.6. The van der Waals surface area contributed by atoms with Crippen LogP contribution in [0.2, 0.25) is 0 Å². The zero-order chi connectivity index (χ0) is 15.5. The van der Waals surface area contributed by atoms with Crippen molar-refractivity contribution in [1.82, 2.24) is 0 Å². The van der Waals surface area contributed by atoms with Gasteiger partial charge in [0, 0.05) is 5.56 Å². The third kappa shape index (κ3) is 9.30. The van der Waals surface area contributed by atoms with E-state index in [1.807, 2.05) is 13.0 Å². The van der Waals surface area contributed by atoms with Gasteiger partial charge in [-0.05, 0) is 26.3 Å². The molecule has 1 aromatic rings. The maximum absolute atomic E-state index is 9.49. The first-order valence-electron chi connectivity index (χ1n) is 6.79. The van der Waals surface area contributed by atoms with E-state index in [4.69, 9.17) is 0 Å². The Morgan fingerprint density at radius 2 is 1.90 bits per heavy atom. The molecule has 0 spiro atoms. The Kier molecular flexibility index (Phi) is 9.34. The van der Waals surface area contributed by atoms with Crippen molar-refractivity contribution in [1.29, 1.82) is 0 Å². The molecule has 4 heteroatoms. The number of aliphatic hydroxyl groups excluding tert-OH is 1. The molecule has 0 amide bonds. The van der Waals surface area contributed by atoms with E-state index >= 15 is 0 Å². The van der Waals surface area contributed by atoms with Crippen molar-refractivity contribution in [3.05, 3.63) is 48.0 Å². The lowest BCUT2D eigenvalue weighted by Crippen LogP contribution is -3.11. The summed E-state index contributed by atoms with van der Waals surface area (Å²) in [6.07, 6.45) is -0.214. The van der Waals surface area contributed by atoms with Gasteiger partial charge in [-0.15, -0.1) is 0 Å². The largest absolute Gasteiger partial charge is 0.545 e. The van der Waals surface area contributed by atoms with Crippen LogP contribution in [0.5, 0.6) is 0 Å². The molecule has 0 aromatic heterocycles. The number of aliphatic carboxylic acids is 1. The van der Waals surface area contributed by atoms with Gasteiger partial charge < -0.3 is 19.9 Å². The monoisotopic (exact) mass is 279 g/mol. The van der Waals surface area contributed by atoms with Crippen LogP contribution < -0.4 is 10.0 Å². The number of carboxylic acid groups (broad SMARTS) is 1. The highest BCUT2D eigenvalue weighted by Crippen LogP contribution is 1.95. The number of carboxylic acids is 1. The molecule has 1 rings (SSSR count). The third-order valence-corrected chi connectivity index (χ3v) is 2.73. The molecule has 1 aromatic carbocycles. The van der Waals surface area contributed by atoms with Crippen molar-refractivity contribution in [3.63, 3.8) is 0 Å². The second-order valence-electron chi connectivity index (χ2n) is 4.89. The van der Waals surface area contributed by atoms with Gasteiger partial charge in [0.05, 0.1) is 12.5 Å². The Morgan fingerprint density at radius 3 is 2.25 bits per heavy atom. The van der Waals surface area contributed by atoms with Crippen molar-refractivity contribution in [2.24, 2.45) is 0 Å². The van der Waals surface area contributed by atoms with Crippen LogP contribution in [-0.2, 0) is 11.3 Å². The van der Waals surface area contributed by atoms with E-state index in [-0.39, 0.29) is 11.7 Å². The number of carbonyl (C=O) groups is 1. The number of likely N-dealkylation sites (N-methyl/N-ethyl adjacent to an activating group) is 1. The van der Waals surface area contributed by atoms with Crippen molar-refractivity contribution in [2.45, 2.75) is 33.4 Å². The average molecular weight is 279 g/mol. The van der Waals surface area contributed by atoms with E-state index in [1.165, 1.54) is 17.4 Å². The smallest absolute Gasteiger partial charge is 0.103 e. The fourth-order valence-electron chi connectivity index (χ4n) is 1.64. The molecule has 2 N–H and O–H groups in total. The van der Waals surface area contributed by atoms with Crippen LogP contribution in [-0.4, -0.2) is 30.3 Å². The minimum Gasteiger partial charge on any atom is -0.545 e. The first kappa shape index (κ1) is 18.4. The molecule has 0 radical (unpaired) electrons. The third-order valence-electron chi connectivity index (χ3n) is 2.73. The van der Waals surface area contributed by atoms with Crippen LogP contribution in [0.15, 0.2) is 42.5 Å². The number of benzene rings is 1. The lowest BCUT2D eigenvalue weighted by Gasteiger charge is -2.19. The highest BCUT2D eigenvalue weighted by Gasteiger charge is 2.09. The molecule has 0 saturated heterocycles. The van der Waals surface area contributed by atoms with Gasteiger partial charge >= 0.3 is 0 Å². The number of nitrogens with one attached hydrogen (secondary N) is 1. The van der Waals surface area contributed by atoms with E-state index in [1.54, 1.807) is 0 Å². The van der Waals surface area contributed by atoms with E-state index in [9.17, 15) is 15.0 Å². The average Bonchev–Trinajstić information content (AvgIpc) is 2.39. The first-order chi connectivity index (χ1) is 9.36. The molecule has 4 nitrogen and oxygen atoms in total. The fourth-order valence-corrected chi connectivity index (χ4v) is 1.64. The van der Waals surface area contributed by atoms with Gasteiger partial charge in [-0.3, -0.25) is 0 Å². The number of hydrogen-bond acceptors (Lipinski definition) is 3. The van der Waals surface area contributed by atoms with E-state index in [2.05, 4.69) is 37.8 Å². The number of rotatable bonds is 6. The van der Waals surface area contributed by atoms with Gasteiger partial charge in [0.25, 0.3) is 0 Å². The summed E-state index contributed by atoms with van der Waals surface area (Å²) in [4.78, 5) is 10.9. The topological polar surface area (TPSA) is 64.8 Å². The molecule has 0 saturated carbocycles. The SMILES string of the molecule is C=C(C)C(=O)[O-].CC[NH+](Cc1ccccc1)CC(C)O. The van der Waals surface area contributed by atoms with E-state index in [0.29, 0.717) is 0 Å². The molecule has 0 bridgehead atoms. The first-order valence-corrected chi connectivity index (χ1v) is 6.79. The van der Waals surface area contributed by atoms with Gasteiger partial charge in [0.2, 0.25) is 0 Å². The molecule has 0 aliphatic rings. The highest BCUT2D eigenvalue weighted by atomic mass is 16.4. The summed E-state index contributed by atoms with van der Waals surface area (Å²) in [5.74, 6) is -1.19. The molecule has 0 aliphatic carbocycles. The standard InChI is InChI=1S/C12H19NO.C4H6O2/c1-3-13(9-11(2)14)10-12-7-5-4-6-8-12;1-3(2)4(5)6/h4-8,11,14H,3,9-10H2,1-2H3;1H2,2H3,(H,5,6). The Hall–Kier alpha value is -1.65. The van der Waals surface area contributed by atoms with Gasteiger partial charge in [0.15, 0.2) is 0 Å². The predicted octanol–water partition coefficient (Wildman–Crippen LogP) is -0.215. The van der Waals surface area contributed by atoms with Gasteiger partial charge in [-0.25, -0.2) is 0 Å². The van der Waals surface area contributed by atoms with Gasteiger partial charge in [-0.2, -0.15) is 0 Å². The fraction of sp³-hybridized carbons (Fsp3) is 0.438. The van der Waals surface area contributed by atoms with Gasteiger partial charge in [0.1, 0.15) is 19.2 Å². The van der Waals surface area contributed by atoms with Crippen LogP contribution in [0.4, 0.5) is 0 Å². The predicted molar refractivity (Wildman–Crippen MR) is 78.0 cm³/mol. The van der Waals surface area contributed by atoms with Crippen LogP contribution in [0.3, 0.4) is 0 Å². The van der Waals surface area contributed by atoms with Crippen LogP contribution >= 0.6 is 0 Å². The summed E-state index contributed by atoms with van der Waals surface area (Å²) < 4.78 is 0. The van der Waals surface area contributed by atoms with Crippen molar-refractivity contribution >= 4 is 5.97 Å². The quantitative estimate of drug-likeness (QED) is 0.708. The zero-order valence-electron chi connectivity index (χ0n) is 12.6. The normalized spacial score (nSPS) is 12.8. The number of quaternary nitrogens is 1. The summed E-state index contributed by atoms with van der Waals surface area (Å²) in [5.41, 5.74) is 1.40. The number of carbonyl (C=O) groups excluding carboxylic acids is 1. The Balaban J connectivity index is 0.000000511. The molecular weight excluding hydrogens is 254 g/mol. The Bertz CT molecular complexity index is 389. The van der Waals surface area contributed by atoms with E-state index < -0.39 is 5.97 Å². The Labute approximate surface area is 121 Å². The lowest BCUT2D eigenvalue weighted by molar-refractivity contribution is -0.914. The van der Waals surface area contributed by atoms with E-state index in [0.717, 1.165) is 19.6 Å². The maximum Gasteiger partial charge on any atom is 0.103 e. The molecule has 2 unspecified atom stereocenters. The summed E-state index contributed by atoms with van der Waals surface area (Å²) in [6, 6.07) is 10.4. The second kappa shape index (κ2) is 10.2. The second-order valence-corrected chi connectivity index (χ2v) is 4.89. The summed E-state index contributed by atoms with van der Waals surface area (Å²) >= 11 is 0. The molecule has 0 fully saturated rings. The number of hydrogen-bond donors (Lipinski definition) is 2. The van der Waals surface area contributed by atoms with Crippen LogP contribution in [0.1, 0.15) is 26.3 Å². The van der Waals surface area contributed by atoms with Crippen molar-refractivity contribution in [3.8, 4) is 0 Å². The van der Waals surface area contributed by atoms with Crippen LogP contribution in [0.25, 0.3) is 0 Å². The highest BCUT2D eigenvalue weighted by molar-refractivity contribution is 5.82. The van der Waals surface area contributed by atoms with Gasteiger partial charge in [-0.1, -0.05) is 36.9 Å². The maximum atomic E-state index is 9.49. The number of aliphatic hydroxyl groups is 1. The summed E-state index contributed by atoms with van der Waals surface area (Å²) in [5, 5.41) is 18.8. The lowest BCUT2D eigenvalue weighted by atomic mass is 10.2. The Morgan fingerprint density at radius 1 is 1.40 bits per heavy atom. The molecular formula is C16H25NO3. The van der Waals surface area contributed by atoms with Crippen LogP contribution in [0, 0.1) is 0 Å². The summed E-state index contributed by atoms with van der Waals surface area (Å²) in [7, 11) is 0. The molecule has 112 valence electrons. The summed E-state index contributed by atoms with van der Waals surface area (Å²) in [6.45, 7) is 11.4. The molecule has 0 aliphatic heterocycles. The minimum atomic E-state index is -1.19. The molecule has 0 heterocycles. The minimum absolute atomic E-state index is 0.0648. The van der Waals surface area contributed by atoms with Crippen molar-refractivity contribution < 1.29 is 19.9 Å². The molecule has 2 atom stereocenters. The molecule has 20 heavy (non-hydrogen) atoms. The van der Waals surface area contributed by atoms with Crippen molar-refractivity contribution in [2.75, 3.05) is 13.1 Å².